The van der Waals surface area contributed by atoms with Crippen LogP contribution in [0.5, 0.6) is 0 Å². The van der Waals surface area contributed by atoms with E-state index in [4.69, 9.17) is 11.6 Å². The van der Waals surface area contributed by atoms with Gasteiger partial charge in [-0.1, -0.05) is 17.7 Å². The number of carbonyl (C=O) groups is 1. The molecular weight excluding hydrogens is 319 g/mol. The van der Waals surface area contributed by atoms with E-state index in [1.807, 2.05) is 0 Å². The first kappa shape index (κ1) is 17.4. The molecule has 0 amide bonds. The average Bonchev–Trinajstić information content (AvgIpc) is 2.41. The molecule has 0 aromatic heterocycles. The molecule has 0 unspecified atom stereocenters. The second-order valence-corrected chi connectivity index (χ2v) is 4.64. The third-order valence-corrected chi connectivity index (χ3v) is 3.02. The summed E-state index contributed by atoms with van der Waals surface area (Å²) in [5, 5.41) is 3.60. The van der Waals surface area contributed by atoms with Gasteiger partial charge in [0.2, 0.25) is 0 Å². The summed E-state index contributed by atoms with van der Waals surface area (Å²) >= 11 is 5.75. The van der Waals surface area contributed by atoms with Crippen molar-refractivity contribution in [2.45, 2.75) is 6.42 Å². The van der Waals surface area contributed by atoms with Crippen LogP contribution in [0, 0.1) is 11.6 Å². The number of nitrogens with one attached hydrogen (secondary N) is 1. The number of hydrogen-bond donors (Lipinski definition) is 1. The summed E-state index contributed by atoms with van der Waals surface area (Å²) in [4.78, 5) is 11.8. The van der Waals surface area contributed by atoms with E-state index in [0.29, 0.717) is 5.02 Å². The second kappa shape index (κ2) is 7.96. The van der Waals surface area contributed by atoms with Crippen LogP contribution in [0.15, 0.2) is 42.5 Å². The molecule has 112 valence electrons. The van der Waals surface area contributed by atoms with E-state index in [1.165, 1.54) is 6.07 Å². The highest BCUT2D eigenvalue weighted by Gasteiger charge is 2.16. The lowest BCUT2D eigenvalue weighted by Gasteiger charge is -2.07. The predicted molar refractivity (Wildman–Crippen MR) is 82.5 cm³/mol. The van der Waals surface area contributed by atoms with Gasteiger partial charge < -0.3 is 5.32 Å². The van der Waals surface area contributed by atoms with E-state index < -0.39 is 23.0 Å². The molecule has 0 fully saturated rings. The summed E-state index contributed by atoms with van der Waals surface area (Å²) in [6.45, 7) is 0.286. The number of ketones is 1. The summed E-state index contributed by atoms with van der Waals surface area (Å²) < 4.78 is 26.8. The van der Waals surface area contributed by atoms with Crippen LogP contribution < -0.4 is 5.32 Å². The molecule has 6 heteroatoms. The van der Waals surface area contributed by atoms with Crippen molar-refractivity contribution < 1.29 is 13.6 Å². The number of rotatable bonds is 5. The largest absolute Gasteiger partial charge is 0.385 e. The number of halogens is 4. The summed E-state index contributed by atoms with van der Waals surface area (Å²) in [7, 11) is 0. The third-order valence-electron chi connectivity index (χ3n) is 2.77. The highest BCUT2D eigenvalue weighted by Crippen LogP contribution is 2.16. The molecule has 0 radical (unpaired) electrons. The van der Waals surface area contributed by atoms with Gasteiger partial charge in [-0.05, 0) is 36.4 Å². The Kier molecular flexibility index (Phi) is 6.59. The molecule has 2 aromatic carbocycles. The van der Waals surface area contributed by atoms with E-state index in [-0.39, 0.29) is 25.4 Å². The first-order valence-corrected chi connectivity index (χ1v) is 6.42. The lowest BCUT2D eigenvalue weighted by atomic mass is 10.1. The van der Waals surface area contributed by atoms with Crippen LogP contribution in [0.4, 0.5) is 14.5 Å². The molecule has 2 nitrogen and oxygen atoms in total. The quantitative estimate of drug-likeness (QED) is 0.803. The number of benzene rings is 2. The molecular formula is C15H13Cl2F2NO. The Bertz CT molecular complexity index is 597. The Hall–Kier alpha value is -1.65. The summed E-state index contributed by atoms with van der Waals surface area (Å²) in [5.41, 5.74) is 0.307. The normalized spacial score (nSPS) is 9.86. The van der Waals surface area contributed by atoms with Crippen molar-refractivity contribution in [3.63, 3.8) is 0 Å². The zero-order valence-corrected chi connectivity index (χ0v) is 12.5. The third kappa shape index (κ3) is 4.69. The van der Waals surface area contributed by atoms with Crippen molar-refractivity contribution in [2.24, 2.45) is 0 Å². The van der Waals surface area contributed by atoms with Crippen LogP contribution in [0.1, 0.15) is 16.8 Å². The van der Waals surface area contributed by atoms with E-state index in [1.54, 1.807) is 24.3 Å². The van der Waals surface area contributed by atoms with Crippen LogP contribution in [-0.4, -0.2) is 12.3 Å². The van der Waals surface area contributed by atoms with Crippen LogP contribution in [-0.2, 0) is 0 Å². The maximum atomic E-state index is 13.4. The molecule has 0 aliphatic heterocycles. The Morgan fingerprint density at radius 2 is 1.62 bits per heavy atom. The Labute approximate surface area is 132 Å². The minimum absolute atomic E-state index is 0. The Morgan fingerprint density at radius 3 is 2.19 bits per heavy atom. The van der Waals surface area contributed by atoms with Crippen molar-refractivity contribution in [3.05, 3.63) is 64.7 Å². The first-order valence-electron chi connectivity index (χ1n) is 6.04. The van der Waals surface area contributed by atoms with Crippen molar-refractivity contribution >= 4 is 35.5 Å². The SMILES string of the molecule is Cl.O=C(CCNc1ccc(Cl)cc1)c1c(F)cccc1F. The fourth-order valence-electron chi connectivity index (χ4n) is 1.78. The van der Waals surface area contributed by atoms with Crippen molar-refractivity contribution in [1.82, 2.24) is 0 Å². The molecule has 0 spiro atoms. The standard InChI is InChI=1S/C15H12ClF2NO.ClH/c16-10-4-6-11(7-5-10)19-9-8-14(20)15-12(17)2-1-3-13(15)18;/h1-7,19H,8-9H2;1H. The molecule has 0 saturated carbocycles. The van der Waals surface area contributed by atoms with Gasteiger partial charge >= 0.3 is 0 Å². The van der Waals surface area contributed by atoms with E-state index in [0.717, 1.165) is 17.8 Å². The lowest BCUT2D eigenvalue weighted by molar-refractivity contribution is 0.0978. The lowest BCUT2D eigenvalue weighted by Crippen LogP contribution is -2.12. The van der Waals surface area contributed by atoms with Gasteiger partial charge in [-0.3, -0.25) is 4.79 Å². The maximum Gasteiger partial charge on any atom is 0.170 e. The molecule has 2 rings (SSSR count). The molecule has 1 N–H and O–H groups in total. The van der Waals surface area contributed by atoms with Crippen LogP contribution >= 0.6 is 24.0 Å². The number of anilines is 1. The van der Waals surface area contributed by atoms with Crippen LogP contribution in [0.2, 0.25) is 5.02 Å². The zero-order chi connectivity index (χ0) is 14.5. The highest BCUT2D eigenvalue weighted by atomic mass is 35.5. The van der Waals surface area contributed by atoms with Gasteiger partial charge in [-0.15, -0.1) is 12.4 Å². The van der Waals surface area contributed by atoms with Gasteiger partial charge in [0.05, 0.1) is 5.56 Å². The van der Waals surface area contributed by atoms with Gasteiger partial charge in [0, 0.05) is 23.7 Å². The minimum atomic E-state index is -0.832. The van der Waals surface area contributed by atoms with Gasteiger partial charge in [-0.2, -0.15) is 0 Å². The molecule has 0 aliphatic rings. The summed E-state index contributed by atoms with van der Waals surface area (Å²) in [6.07, 6.45) is 0.000476. The van der Waals surface area contributed by atoms with Crippen molar-refractivity contribution in [1.29, 1.82) is 0 Å². The number of hydrogen-bond acceptors (Lipinski definition) is 2. The van der Waals surface area contributed by atoms with Gasteiger partial charge in [0.25, 0.3) is 0 Å². The van der Waals surface area contributed by atoms with Gasteiger partial charge in [0.15, 0.2) is 5.78 Å². The minimum Gasteiger partial charge on any atom is -0.385 e. The monoisotopic (exact) mass is 331 g/mol. The van der Waals surface area contributed by atoms with E-state index in [9.17, 15) is 13.6 Å². The summed E-state index contributed by atoms with van der Waals surface area (Å²) in [5.74, 6) is -2.23. The Morgan fingerprint density at radius 1 is 1.05 bits per heavy atom. The van der Waals surface area contributed by atoms with E-state index in [2.05, 4.69) is 5.32 Å². The number of carbonyl (C=O) groups excluding carboxylic acids is 1. The van der Waals surface area contributed by atoms with Crippen molar-refractivity contribution in [2.75, 3.05) is 11.9 Å². The maximum absolute atomic E-state index is 13.4. The Balaban J connectivity index is 0.00000220. The first-order chi connectivity index (χ1) is 9.58. The van der Waals surface area contributed by atoms with Gasteiger partial charge in [-0.25, -0.2) is 8.78 Å². The van der Waals surface area contributed by atoms with Gasteiger partial charge in [0.1, 0.15) is 11.6 Å². The average molecular weight is 332 g/mol. The van der Waals surface area contributed by atoms with Crippen LogP contribution in [0.25, 0.3) is 0 Å². The topological polar surface area (TPSA) is 29.1 Å². The molecule has 0 aliphatic carbocycles. The molecule has 2 aromatic rings. The fourth-order valence-corrected chi connectivity index (χ4v) is 1.90. The molecule has 0 heterocycles. The number of Topliss-reactive ketones (excluding diaryl/α,β-unsaturated/α-hetero) is 1. The fraction of sp³-hybridized carbons (Fsp3) is 0.133. The van der Waals surface area contributed by atoms with Crippen LogP contribution in [0.3, 0.4) is 0 Å². The van der Waals surface area contributed by atoms with Crippen molar-refractivity contribution in [3.8, 4) is 0 Å². The summed E-state index contributed by atoms with van der Waals surface area (Å²) in [6, 6.07) is 10.3. The van der Waals surface area contributed by atoms with E-state index >= 15 is 0 Å². The highest BCUT2D eigenvalue weighted by molar-refractivity contribution is 6.30. The predicted octanol–water partition coefficient (Wildman–Crippen LogP) is 4.72. The molecule has 21 heavy (non-hydrogen) atoms. The zero-order valence-electron chi connectivity index (χ0n) is 10.9. The molecule has 0 bridgehead atoms. The smallest absolute Gasteiger partial charge is 0.170 e. The molecule has 0 atom stereocenters. The second-order valence-electron chi connectivity index (χ2n) is 4.20. The molecule has 0 saturated heterocycles.